The highest BCUT2D eigenvalue weighted by Crippen LogP contribution is 2.13. The van der Waals surface area contributed by atoms with Crippen LogP contribution in [0.3, 0.4) is 0 Å². The fourth-order valence-electron chi connectivity index (χ4n) is 1.05. The lowest BCUT2D eigenvalue weighted by Gasteiger charge is -2.02. The molecule has 1 aromatic carbocycles. The summed E-state index contributed by atoms with van der Waals surface area (Å²) in [4.78, 5) is 10.9. The van der Waals surface area contributed by atoms with E-state index in [4.69, 9.17) is 4.55 Å². The largest absolute Gasteiger partial charge is 0.323 e. The van der Waals surface area contributed by atoms with Gasteiger partial charge in [0.1, 0.15) is 0 Å². The number of nitrogens with one attached hydrogen (secondary N) is 1. The van der Waals surface area contributed by atoms with Gasteiger partial charge in [0.05, 0.1) is 4.90 Å². The molecule has 16 heavy (non-hydrogen) atoms. The van der Waals surface area contributed by atoms with E-state index in [9.17, 15) is 13.2 Å². The first-order chi connectivity index (χ1) is 7.43. The molecule has 2 N–H and O–H groups in total. The number of allylic oxidation sites excluding steroid dienone is 1. The third-order valence-corrected chi connectivity index (χ3v) is 2.61. The fraction of sp³-hybridized carbons (Fsp3) is 0.100. The molecule has 0 spiro atoms. The molecule has 0 fully saturated rings. The molecule has 1 aromatic rings. The summed E-state index contributed by atoms with van der Waals surface area (Å²) >= 11 is 0. The van der Waals surface area contributed by atoms with Crippen molar-refractivity contribution in [1.29, 1.82) is 0 Å². The van der Waals surface area contributed by atoms with Gasteiger partial charge in [-0.15, -0.1) is 0 Å². The van der Waals surface area contributed by atoms with Crippen molar-refractivity contribution in [3.63, 3.8) is 0 Å². The standard InChI is InChI=1S/C10H11NO4S/c1-2-3-10(12)11-8-4-6-9(7-5-8)16(13,14)15/h2-7H,1H3,(H,11,12)(H,13,14,15). The van der Waals surface area contributed by atoms with Crippen LogP contribution in [-0.4, -0.2) is 18.9 Å². The number of hydrogen-bond donors (Lipinski definition) is 2. The zero-order valence-corrected chi connectivity index (χ0v) is 9.36. The van der Waals surface area contributed by atoms with Crippen LogP contribution >= 0.6 is 0 Å². The first-order valence-corrected chi connectivity index (χ1v) is 5.88. The van der Waals surface area contributed by atoms with Crippen LogP contribution in [0.2, 0.25) is 0 Å². The Balaban J connectivity index is 2.84. The summed E-state index contributed by atoms with van der Waals surface area (Å²) in [7, 11) is -4.18. The summed E-state index contributed by atoms with van der Waals surface area (Å²) in [5, 5.41) is 2.52. The minimum atomic E-state index is -4.18. The molecule has 0 atom stereocenters. The van der Waals surface area contributed by atoms with Gasteiger partial charge in [-0.1, -0.05) is 6.08 Å². The van der Waals surface area contributed by atoms with Crippen LogP contribution in [-0.2, 0) is 14.9 Å². The number of carbonyl (C=O) groups excluding carboxylic acids is 1. The van der Waals surface area contributed by atoms with Crippen molar-refractivity contribution >= 4 is 21.7 Å². The van der Waals surface area contributed by atoms with Gasteiger partial charge < -0.3 is 5.32 Å². The topological polar surface area (TPSA) is 83.5 Å². The summed E-state index contributed by atoms with van der Waals surface area (Å²) in [5.74, 6) is -0.304. The Morgan fingerprint density at radius 3 is 2.31 bits per heavy atom. The number of benzene rings is 1. The van der Waals surface area contributed by atoms with Crippen LogP contribution < -0.4 is 5.32 Å². The number of rotatable bonds is 3. The summed E-state index contributed by atoms with van der Waals surface area (Å²) in [6.07, 6.45) is 2.93. The Morgan fingerprint density at radius 1 is 1.31 bits per heavy atom. The monoisotopic (exact) mass is 241 g/mol. The van der Waals surface area contributed by atoms with Crippen molar-refractivity contribution in [1.82, 2.24) is 0 Å². The van der Waals surface area contributed by atoms with E-state index in [1.54, 1.807) is 13.0 Å². The maximum atomic E-state index is 11.1. The Bertz CT molecular complexity index is 502. The Labute approximate surface area is 93.5 Å². The van der Waals surface area contributed by atoms with Gasteiger partial charge in [0.25, 0.3) is 10.1 Å². The molecule has 5 nitrogen and oxygen atoms in total. The van der Waals surface area contributed by atoms with Gasteiger partial charge in [0.15, 0.2) is 0 Å². The lowest BCUT2D eigenvalue weighted by atomic mass is 10.3. The van der Waals surface area contributed by atoms with Crippen molar-refractivity contribution in [3.05, 3.63) is 36.4 Å². The van der Waals surface area contributed by atoms with Crippen molar-refractivity contribution in [3.8, 4) is 0 Å². The number of anilines is 1. The van der Waals surface area contributed by atoms with Crippen LogP contribution in [0.1, 0.15) is 6.92 Å². The van der Waals surface area contributed by atoms with Crippen LogP contribution in [0.4, 0.5) is 5.69 Å². The molecule has 1 rings (SSSR count). The second-order valence-electron chi connectivity index (χ2n) is 2.99. The summed E-state index contributed by atoms with van der Waals surface area (Å²) < 4.78 is 30.2. The van der Waals surface area contributed by atoms with Gasteiger partial charge in [-0.25, -0.2) is 0 Å². The molecule has 0 unspecified atom stereocenters. The van der Waals surface area contributed by atoms with Crippen molar-refractivity contribution in [2.75, 3.05) is 5.32 Å². The van der Waals surface area contributed by atoms with E-state index in [2.05, 4.69) is 5.32 Å². The van der Waals surface area contributed by atoms with Crippen LogP contribution in [0.5, 0.6) is 0 Å². The highest BCUT2D eigenvalue weighted by molar-refractivity contribution is 7.85. The van der Waals surface area contributed by atoms with Gasteiger partial charge in [0, 0.05) is 5.69 Å². The minimum absolute atomic E-state index is 0.212. The van der Waals surface area contributed by atoms with Crippen molar-refractivity contribution < 1.29 is 17.8 Å². The molecule has 86 valence electrons. The first-order valence-electron chi connectivity index (χ1n) is 4.44. The molecule has 0 aliphatic rings. The molecule has 0 bridgehead atoms. The fourth-order valence-corrected chi connectivity index (χ4v) is 1.53. The highest BCUT2D eigenvalue weighted by atomic mass is 32.2. The quantitative estimate of drug-likeness (QED) is 0.619. The van der Waals surface area contributed by atoms with Gasteiger partial charge >= 0.3 is 0 Å². The average Bonchev–Trinajstić information content (AvgIpc) is 2.17. The van der Waals surface area contributed by atoms with Crippen molar-refractivity contribution in [2.24, 2.45) is 0 Å². The van der Waals surface area contributed by atoms with E-state index in [0.29, 0.717) is 5.69 Å². The summed E-state index contributed by atoms with van der Waals surface area (Å²) in [6.45, 7) is 1.71. The van der Waals surface area contributed by atoms with Gasteiger partial charge in [-0.2, -0.15) is 8.42 Å². The van der Waals surface area contributed by atoms with Gasteiger partial charge in [0.2, 0.25) is 5.91 Å². The minimum Gasteiger partial charge on any atom is -0.323 e. The predicted molar refractivity (Wildman–Crippen MR) is 59.7 cm³/mol. The molecule has 0 aromatic heterocycles. The summed E-state index contributed by atoms with van der Waals surface area (Å²) in [5.41, 5.74) is 0.454. The molecule has 0 radical (unpaired) electrons. The normalized spacial score (nSPS) is 11.6. The number of hydrogen-bond acceptors (Lipinski definition) is 3. The molecule has 6 heteroatoms. The van der Waals surface area contributed by atoms with E-state index in [0.717, 1.165) is 0 Å². The zero-order valence-electron chi connectivity index (χ0n) is 8.54. The molecule has 0 saturated carbocycles. The van der Waals surface area contributed by atoms with Crippen LogP contribution in [0, 0.1) is 0 Å². The molecule has 0 heterocycles. The number of carbonyl (C=O) groups is 1. The maximum absolute atomic E-state index is 11.1. The Morgan fingerprint density at radius 2 is 1.88 bits per heavy atom. The molecule has 1 amide bonds. The third kappa shape index (κ3) is 3.48. The Kier molecular flexibility index (Phi) is 3.81. The second-order valence-corrected chi connectivity index (χ2v) is 4.41. The van der Waals surface area contributed by atoms with E-state index in [-0.39, 0.29) is 10.8 Å². The Hall–Kier alpha value is -1.66. The molecular weight excluding hydrogens is 230 g/mol. The van der Waals surface area contributed by atoms with Crippen LogP contribution in [0.25, 0.3) is 0 Å². The van der Waals surface area contributed by atoms with Gasteiger partial charge in [-0.3, -0.25) is 9.35 Å². The van der Waals surface area contributed by atoms with E-state index in [1.807, 2.05) is 0 Å². The molecular formula is C10H11NO4S. The van der Waals surface area contributed by atoms with E-state index in [1.165, 1.54) is 30.3 Å². The van der Waals surface area contributed by atoms with Gasteiger partial charge in [-0.05, 0) is 37.3 Å². The van der Waals surface area contributed by atoms with E-state index < -0.39 is 10.1 Å². The zero-order chi connectivity index (χ0) is 12.2. The second kappa shape index (κ2) is 4.91. The highest BCUT2D eigenvalue weighted by Gasteiger charge is 2.08. The van der Waals surface area contributed by atoms with E-state index >= 15 is 0 Å². The molecule has 0 saturated heterocycles. The lowest BCUT2D eigenvalue weighted by Crippen LogP contribution is -2.07. The summed E-state index contributed by atoms with van der Waals surface area (Å²) in [6, 6.07) is 5.20. The molecule has 0 aliphatic carbocycles. The van der Waals surface area contributed by atoms with Crippen molar-refractivity contribution in [2.45, 2.75) is 11.8 Å². The molecule has 0 aliphatic heterocycles. The SMILES string of the molecule is CC=CC(=O)Nc1ccc(S(=O)(=O)O)cc1. The number of amides is 1. The first kappa shape index (κ1) is 12.4. The lowest BCUT2D eigenvalue weighted by molar-refractivity contribution is -0.111. The third-order valence-electron chi connectivity index (χ3n) is 1.74. The van der Waals surface area contributed by atoms with Crippen LogP contribution in [0.15, 0.2) is 41.3 Å². The maximum Gasteiger partial charge on any atom is 0.294 e. The average molecular weight is 241 g/mol. The smallest absolute Gasteiger partial charge is 0.294 e. The predicted octanol–water partition coefficient (Wildman–Crippen LogP) is 1.45.